The molecule has 204 valence electrons. The molecule has 1 aromatic heterocycles. The van der Waals surface area contributed by atoms with E-state index in [1.807, 2.05) is 19.9 Å². The van der Waals surface area contributed by atoms with Gasteiger partial charge in [0.25, 0.3) is 5.56 Å². The largest absolute Gasteiger partial charge is 0.497 e. The van der Waals surface area contributed by atoms with Crippen molar-refractivity contribution in [3.05, 3.63) is 81.3 Å². The van der Waals surface area contributed by atoms with Gasteiger partial charge in [0.05, 0.1) is 48.4 Å². The number of nitrogens with one attached hydrogen (secondary N) is 1. The Kier molecular flexibility index (Phi) is 8.75. The second kappa shape index (κ2) is 12.2. The fourth-order valence-electron chi connectivity index (χ4n) is 4.37. The molecule has 0 spiro atoms. The molecule has 0 bridgehead atoms. The highest BCUT2D eigenvalue weighted by Gasteiger charge is 2.28. The molecule has 0 radical (unpaired) electrons. The summed E-state index contributed by atoms with van der Waals surface area (Å²) in [5, 5.41) is 3.41. The molecule has 10 heteroatoms. The third-order valence-corrected chi connectivity index (χ3v) is 7.20. The van der Waals surface area contributed by atoms with Crippen LogP contribution in [0.1, 0.15) is 32.1 Å². The van der Waals surface area contributed by atoms with Crippen LogP contribution in [0, 0.1) is 0 Å². The van der Waals surface area contributed by atoms with Gasteiger partial charge >= 0.3 is 6.03 Å². The summed E-state index contributed by atoms with van der Waals surface area (Å²) in [5.41, 5.74) is 1.38. The van der Waals surface area contributed by atoms with Gasteiger partial charge in [0.15, 0.2) is 0 Å². The van der Waals surface area contributed by atoms with Crippen molar-refractivity contribution >= 4 is 38.6 Å². The minimum Gasteiger partial charge on any atom is -0.497 e. The number of fused-ring (bicyclic) bond motifs is 1. The van der Waals surface area contributed by atoms with E-state index in [1.54, 1.807) is 80.8 Å². The number of para-hydroxylation sites is 1. The van der Waals surface area contributed by atoms with Crippen LogP contribution in [0.2, 0.25) is 0 Å². The summed E-state index contributed by atoms with van der Waals surface area (Å²) in [6.07, 6.45) is 0.703. The lowest BCUT2D eigenvalue weighted by molar-refractivity contribution is 0.189. The van der Waals surface area contributed by atoms with E-state index in [9.17, 15) is 9.59 Å². The standard InChI is InChI=1S/C29H31BrN4O5/c1-6-15-33(29(36)31-19-11-13-20(37-3)14-12-19)18(2)27-32-23-10-8-7-9-22(23)28(35)34(27)24-16-21(38-4)17-25(39-5)26(24)30/h7-14,16-18H,6,15H2,1-5H3,(H,31,36). The number of aromatic nitrogens is 2. The van der Waals surface area contributed by atoms with E-state index in [1.165, 1.54) is 4.57 Å². The summed E-state index contributed by atoms with van der Waals surface area (Å²) in [5.74, 6) is 2.08. The van der Waals surface area contributed by atoms with Gasteiger partial charge in [-0.2, -0.15) is 0 Å². The Balaban J connectivity index is 1.88. The Hall–Kier alpha value is -4.05. The molecule has 0 fully saturated rings. The Bertz CT molecular complexity index is 1540. The Morgan fingerprint density at radius 3 is 2.36 bits per heavy atom. The van der Waals surface area contributed by atoms with Gasteiger partial charge in [-0.25, -0.2) is 9.78 Å². The van der Waals surface area contributed by atoms with E-state index < -0.39 is 6.04 Å². The summed E-state index contributed by atoms with van der Waals surface area (Å²) < 4.78 is 18.3. The zero-order chi connectivity index (χ0) is 28.1. The Morgan fingerprint density at radius 2 is 1.72 bits per heavy atom. The van der Waals surface area contributed by atoms with Crippen LogP contribution in [0.5, 0.6) is 17.2 Å². The third kappa shape index (κ3) is 5.70. The fraction of sp³-hybridized carbons (Fsp3) is 0.276. The predicted octanol–water partition coefficient (Wildman–Crippen LogP) is 6.18. The SMILES string of the molecule is CCCN(C(=O)Nc1ccc(OC)cc1)C(C)c1nc2ccccc2c(=O)n1-c1cc(OC)cc(OC)c1Br. The quantitative estimate of drug-likeness (QED) is 0.249. The van der Waals surface area contributed by atoms with Gasteiger partial charge in [-0.1, -0.05) is 19.1 Å². The molecule has 0 saturated heterocycles. The van der Waals surface area contributed by atoms with Gasteiger partial charge in [0.1, 0.15) is 23.1 Å². The van der Waals surface area contributed by atoms with Crippen molar-refractivity contribution in [1.29, 1.82) is 0 Å². The number of amides is 2. The molecule has 1 N–H and O–H groups in total. The molecule has 1 unspecified atom stereocenters. The van der Waals surface area contributed by atoms with Crippen LogP contribution >= 0.6 is 15.9 Å². The first-order chi connectivity index (χ1) is 18.8. The number of hydrogen-bond acceptors (Lipinski definition) is 6. The number of methoxy groups -OCH3 is 3. The van der Waals surface area contributed by atoms with E-state index in [4.69, 9.17) is 19.2 Å². The summed E-state index contributed by atoms with van der Waals surface area (Å²) in [6.45, 7) is 4.29. The Morgan fingerprint density at radius 1 is 1.03 bits per heavy atom. The summed E-state index contributed by atoms with van der Waals surface area (Å²) in [4.78, 5) is 34.1. The number of nitrogens with zero attached hydrogens (tertiary/aromatic N) is 3. The van der Waals surface area contributed by atoms with E-state index in [0.29, 0.717) is 62.8 Å². The normalized spacial score (nSPS) is 11.6. The minimum atomic E-state index is -0.579. The molecular weight excluding hydrogens is 564 g/mol. The number of carbonyl (C=O) groups is 1. The average molecular weight is 595 g/mol. The second-order valence-corrected chi connectivity index (χ2v) is 9.61. The van der Waals surface area contributed by atoms with Gasteiger partial charge in [-0.05, 0) is 65.7 Å². The van der Waals surface area contributed by atoms with Gasteiger partial charge in [-0.15, -0.1) is 0 Å². The molecule has 0 aliphatic rings. The summed E-state index contributed by atoms with van der Waals surface area (Å²) in [7, 11) is 4.68. The zero-order valence-electron chi connectivity index (χ0n) is 22.5. The van der Waals surface area contributed by atoms with E-state index in [-0.39, 0.29) is 11.6 Å². The molecule has 1 heterocycles. The number of ether oxygens (including phenoxy) is 3. The number of anilines is 1. The zero-order valence-corrected chi connectivity index (χ0v) is 24.1. The lowest BCUT2D eigenvalue weighted by atomic mass is 10.1. The highest BCUT2D eigenvalue weighted by Crippen LogP contribution is 2.37. The molecular formula is C29H31BrN4O5. The fourth-order valence-corrected chi connectivity index (χ4v) is 4.94. The maximum Gasteiger partial charge on any atom is 0.322 e. The molecule has 0 aliphatic heterocycles. The monoisotopic (exact) mass is 594 g/mol. The Labute approximate surface area is 235 Å². The number of rotatable bonds is 9. The van der Waals surface area contributed by atoms with E-state index in [2.05, 4.69) is 21.2 Å². The number of carbonyl (C=O) groups excluding carboxylic acids is 1. The summed E-state index contributed by atoms with van der Waals surface area (Å²) in [6, 6.07) is 16.8. The second-order valence-electron chi connectivity index (χ2n) is 8.82. The molecule has 2 amide bonds. The van der Waals surface area contributed by atoms with Crippen LogP contribution in [0.4, 0.5) is 10.5 Å². The first-order valence-electron chi connectivity index (χ1n) is 12.5. The first kappa shape index (κ1) is 28.0. The van der Waals surface area contributed by atoms with Crippen LogP contribution in [-0.4, -0.2) is 48.4 Å². The maximum absolute atomic E-state index is 14.0. The minimum absolute atomic E-state index is 0.273. The lowest BCUT2D eigenvalue weighted by Gasteiger charge is -2.30. The van der Waals surface area contributed by atoms with Crippen molar-refractivity contribution in [2.45, 2.75) is 26.3 Å². The molecule has 9 nitrogen and oxygen atoms in total. The third-order valence-electron chi connectivity index (χ3n) is 6.40. The molecule has 4 aromatic rings. The highest BCUT2D eigenvalue weighted by atomic mass is 79.9. The molecule has 3 aromatic carbocycles. The van der Waals surface area contributed by atoms with Gasteiger partial charge < -0.3 is 24.4 Å². The smallest absolute Gasteiger partial charge is 0.322 e. The topological polar surface area (TPSA) is 94.9 Å². The lowest BCUT2D eigenvalue weighted by Crippen LogP contribution is -2.40. The van der Waals surface area contributed by atoms with Crippen molar-refractivity contribution in [2.24, 2.45) is 0 Å². The van der Waals surface area contributed by atoms with Crippen LogP contribution in [0.3, 0.4) is 0 Å². The van der Waals surface area contributed by atoms with Crippen molar-refractivity contribution in [3.8, 4) is 22.9 Å². The van der Waals surface area contributed by atoms with Crippen molar-refractivity contribution in [2.75, 3.05) is 33.2 Å². The molecule has 0 saturated carbocycles. The van der Waals surface area contributed by atoms with E-state index in [0.717, 1.165) is 0 Å². The number of urea groups is 1. The number of hydrogen-bond donors (Lipinski definition) is 1. The van der Waals surface area contributed by atoms with Crippen molar-refractivity contribution in [1.82, 2.24) is 14.5 Å². The van der Waals surface area contributed by atoms with E-state index >= 15 is 0 Å². The van der Waals surface area contributed by atoms with Gasteiger partial charge in [0, 0.05) is 24.4 Å². The van der Waals surface area contributed by atoms with Gasteiger partial charge in [-0.3, -0.25) is 9.36 Å². The van der Waals surface area contributed by atoms with Crippen LogP contribution in [0.15, 0.2) is 69.9 Å². The van der Waals surface area contributed by atoms with Gasteiger partial charge in [0.2, 0.25) is 0 Å². The van der Waals surface area contributed by atoms with Crippen molar-refractivity contribution in [3.63, 3.8) is 0 Å². The number of benzene rings is 3. The first-order valence-corrected chi connectivity index (χ1v) is 13.3. The number of halogens is 1. The molecule has 1 atom stereocenters. The molecule has 39 heavy (non-hydrogen) atoms. The van der Waals surface area contributed by atoms with Crippen LogP contribution in [0.25, 0.3) is 16.6 Å². The molecule has 0 aliphatic carbocycles. The highest BCUT2D eigenvalue weighted by molar-refractivity contribution is 9.10. The average Bonchev–Trinajstić information content (AvgIpc) is 2.96. The van der Waals surface area contributed by atoms with Crippen molar-refractivity contribution < 1.29 is 19.0 Å². The maximum atomic E-state index is 14.0. The summed E-state index contributed by atoms with van der Waals surface area (Å²) >= 11 is 3.60. The van der Waals surface area contributed by atoms with Crippen LogP contribution < -0.4 is 25.1 Å². The molecule has 4 rings (SSSR count). The predicted molar refractivity (Wildman–Crippen MR) is 156 cm³/mol. The van der Waals surface area contributed by atoms with Crippen LogP contribution in [-0.2, 0) is 0 Å².